The van der Waals surface area contributed by atoms with Crippen molar-refractivity contribution in [3.05, 3.63) is 24.0 Å². The van der Waals surface area contributed by atoms with Crippen LogP contribution in [-0.2, 0) is 0 Å². The summed E-state index contributed by atoms with van der Waals surface area (Å²) in [5.74, 6) is 2.51. The fourth-order valence-corrected chi connectivity index (χ4v) is 2.08. The molecule has 7 nitrogen and oxygen atoms in total. The lowest BCUT2D eigenvalue weighted by atomic mass is 10.0. The van der Waals surface area contributed by atoms with Crippen molar-refractivity contribution in [2.75, 3.05) is 16.8 Å². The second-order valence-electron chi connectivity index (χ2n) is 5.76. The Morgan fingerprint density at radius 2 is 1.95 bits per heavy atom. The van der Waals surface area contributed by atoms with E-state index in [9.17, 15) is 0 Å². The van der Waals surface area contributed by atoms with Crippen LogP contribution in [0.15, 0.2) is 18.5 Å². The van der Waals surface area contributed by atoms with Crippen LogP contribution < -0.4 is 21.5 Å². The van der Waals surface area contributed by atoms with E-state index in [0.29, 0.717) is 17.5 Å². The number of nitrogens with zero attached hydrogens (tertiary/aromatic N) is 3. The highest BCUT2D eigenvalue weighted by Gasteiger charge is 2.22. The zero-order valence-electron chi connectivity index (χ0n) is 12.7. The molecule has 0 radical (unpaired) electrons. The Morgan fingerprint density at radius 3 is 2.59 bits per heavy atom. The fourth-order valence-electron chi connectivity index (χ4n) is 2.08. The molecule has 22 heavy (non-hydrogen) atoms. The van der Waals surface area contributed by atoms with Gasteiger partial charge >= 0.3 is 0 Å². The van der Waals surface area contributed by atoms with Crippen molar-refractivity contribution in [3.8, 4) is 11.5 Å². The molecule has 5 N–H and O–H groups in total. The van der Waals surface area contributed by atoms with Crippen molar-refractivity contribution in [1.82, 2.24) is 15.0 Å². The average Bonchev–Trinajstić information content (AvgIpc) is 3.26. The monoisotopic (exact) mass is 300 g/mol. The van der Waals surface area contributed by atoms with Gasteiger partial charge in [0.25, 0.3) is 0 Å². The number of nitrogens with one attached hydrogen (secondary N) is 1. The number of hydrogen-bond donors (Lipinski definition) is 3. The van der Waals surface area contributed by atoms with E-state index in [1.54, 1.807) is 0 Å². The van der Waals surface area contributed by atoms with Gasteiger partial charge in [0.2, 0.25) is 5.95 Å². The van der Waals surface area contributed by atoms with Gasteiger partial charge in [-0.1, -0.05) is 13.8 Å². The molecule has 3 rings (SSSR count). The molecule has 0 bridgehead atoms. The molecule has 1 saturated carbocycles. The third-order valence-electron chi connectivity index (χ3n) is 3.47. The Hall–Kier alpha value is -2.57. The van der Waals surface area contributed by atoms with Gasteiger partial charge in [0.15, 0.2) is 11.6 Å². The summed E-state index contributed by atoms with van der Waals surface area (Å²) in [6.07, 6.45) is 5.68. The highest BCUT2D eigenvalue weighted by Crippen LogP contribution is 2.34. The van der Waals surface area contributed by atoms with Gasteiger partial charge in [0.05, 0.1) is 6.20 Å². The summed E-state index contributed by atoms with van der Waals surface area (Å²) in [5.41, 5.74) is 12.3. The molecule has 1 aliphatic carbocycles. The zero-order chi connectivity index (χ0) is 15.7. The van der Waals surface area contributed by atoms with Crippen molar-refractivity contribution >= 4 is 17.6 Å². The lowest BCUT2D eigenvalue weighted by Crippen LogP contribution is -2.06. The van der Waals surface area contributed by atoms with Crippen LogP contribution in [0.1, 0.15) is 38.2 Å². The molecular formula is C15H20N6O. The Kier molecular flexibility index (Phi) is 3.70. The van der Waals surface area contributed by atoms with Crippen LogP contribution in [0.5, 0.6) is 11.5 Å². The van der Waals surface area contributed by atoms with Crippen molar-refractivity contribution < 1.29 is 4.74 Å². The molecule has 2 heterocycles. The number of pyridine rings is 1. The summed E-state index contributed by atoms with van der Waals surface area (Å²) >= 11 is 0. The molecule has 2 aromatic rings. The summed E-state index contributed by atoms with van der Waals surface area (Å²) in [4.78, 5) is 12.3. The minimum atomic E-state index is 0.125. The summed E-state index contributed by atoms with van der Waals surface area (Å²) < 4.78 is 5.91. The Bertz CT molecular complexity index is 684. The molecule has 0 atom stereocenters. The SMILES string of the molecule is CC(C)c1cnc(NC2CC2)cc1Oc1cnc(N)nc1N. The van der Waals surface area contributed by atoms with E-state index in [0.717, 1.165) is 11.4 Å². The first-order valence-electron chi connectivity index (χ1n) is 7.35. The van der Waals surface area contributed by atoms with Gasteiger partial charge in [0.1, 0.15) is 11.6 Å². The summed E-state index contributed by atoms with van der Waals surface area (Å²) in [5, 5.41) is 3.36. The molecule has 1 aliphatic rings. The maximum atomic E-state index is 5.91. The lowest BCUT2D eigenvalue weighted by molar-refractivity contribution is 0.470. The van der Waals surface area contributed by atoms with Gasteiger partial charge in [-0.2, -0.15) is 4.98 Å². The molecular weight excluding hydrogens is 280 g/mol. The minimum Gasteiger partial charge on any atom is -0.451 e. The van der Waals surface area contributed by atoms with Gasteiger partial charge in [-0.3, -0.25) is 0 Å². The quantitative estimate of drug-likeness (QED) is 0.777. The predicted molar refractivity (Wildman–Crippen MR) is 85.9 cm³/mol. The third kappa shape index (κ3) is 3.19. The van der Waals surface area contributed by atoms with E-state index in [1.807, 2.05) is 12.3 Å². The van der Waals surface area contributed by atoms with Gasteiger partial charge in [-0.05, 0) is 18.8 Å². The number of nitrogens with two attached hydrogens (primary N) is 2. The van der Waals surface area contributed by atoms with Gasteiger partial charge < -0.3 is 21.5 Å². The third-order valence-corrected chi connectivity index (χ3v) is 3.47. The number of aromatic nitrogens is 3. The summed E-state index contributed by atoms with van der Waals surface area (Å²) in [7, 11) is 0. The van der Waals surface area contributed by atoms with Crippen LogP contribution in [-0.4, -0.2) is 21.0 Å². The van der Waals surface area contributed by atoms with Crippen LogP contribution in [0.3, 0.4) is 0 Å². The summed E-state index contributed by atoms with van der Waals surface area (Å²) in [6, 6.07) is 2.42. The Labute approximate surface area is 129 Å². The lowest BCUT2D eigenvalue weighted by Gasteiger charge is -2.15. The molecule has 0 amide bonds. The van der Waals surface area contributed by atoms with Crippen molar-refractivity contribution in [1.29, 1.82) is 0 Å². The molecule has 0 aromatic carbocycles. The number of hydrogen-bond acceptors (Lipinski definition) is 7. The number of ether oxygens (including phenoxy) is 1. The van der Waals surface area contributed by atoms with E-state index in [4.69, 9.17) is 16.2 Å². The van der Waals surface area contributed by atoms with Crippen LogP contribution in [0, 0.1) is 0 Å². The smallest absolute Gasteiger partial charge is 0.222 e. The first-order chi connectivity index (χ1) is 10.5. The van der Waals surface area contributed by atoms with E-state index in [2.05, 4.69) is 34.1 Å². The van der Waals surface area contributed by atoms with Crippen LogP contribution in [0.4, 0.5) is 17.6 Å². The number of nitrogen functional groups attached to an aromatic ring is 2. The first kappa shape index (κ1) is 14.4. The molecule has 0 unspecified atom stereocenters. The van der Waals surface area contributed by atoms with E-state index in [1.165, 1.54) is 19.0 Å². The van der Waals surface area contributed by atoms with Crippen molar-refractivity contribution in [2.24, 2.45) is 0 Å². The van der Waals surface area contributed by atoms with Crippen molar-refractivity contribution in [3.63, 3.8) is 0 Å². The molecule has 0 spiro atoms. The highest BCUT2D eigenvalue weighted by atomic mass is 16.5. The van der Waals surface area contributed by atoms with Gasteiger partial charge in [-0.15, -0.1) is 0 Å². The maximum absolute atomic E-state index is 5.91. The second-order valence-corrected chi connectivity index (χ2v) is 5.76. The predicted octanol–water partition coefficient (Wildman–Crippen LogP) is 2.53. The normalized spacial score (nSPS) is 14.1. The summed E-state index contributed by atoms with van der Waals surface area (Å²) in [6.45, 7) is 4.17. The number of rotatable bonds is 5. The topological polar surface area (TPSA) is 112 Å². The largest absolute Gasteiger partial charge is 0.451 e. The molecule has 0 saturated heterocycles. The minimum absolute atomic E-state index is 0.125. The Morgan fingerprint density at radius 1 is 1.18 bits per heavy atom. The van der Waals surface area contributed by atoms with Crippen LogP contribution in [0.25, 0.3) is 0 Å². The Balaban J connectivity index is 1.91. The van der Waals surface area contributed by atoms with Gasteiger partial charge in [0, 0.05) is 23.9 Å². The molecule has 116 valence electrons. The first-order valence-corrected chi connectivity index (χ1v) is 7.35. The highest BCUT2D eigenvalue weighted by molar-refractivity contribution is 5.53. The molecule has 7 heteroatoms. The molecule has 0 aliphatic heterocycles. The maximum Gasteiger partial charge on any atom is 0.222 e. The van der Waals surface area contributed by atoms with Gasteiger partial charge in [-0.25, -0.2) is 9.97 Å². The molecule has 2 aromatic heterocycles. The van der Waals surface area contributed by atoms with E-state index >= 15 is 0 Å². The van der Waals surface area contributed by atoms with Crippen LogP contribution in [0.2, 0.25) is 0 Å². The molecule has 1 fully saturated rings. The average molecular weight is 300 g/mol. The van der Waals surface area contributed by atoms with E-state index < -0.39 is 0 Å². The second kappa shape index (κ2) is 5.67. The van der Waals surface area contributed by atoms with Crippen molar-refractivity contribution in [2.45, 2.75) is 38.6 Å². The number of anilines is 3. The fraction of sp³-hybridized carbons (Fsp3) is 0.400. The van der Waals surface area contributed by atoms with Crippen LogP contribution >= 0.6 is 0 Å². The van der Waals surface area contributed by atoms with E-state index in [-0.39, 0.29) is 17.7 Å². The standard InChI is InChI=1S/C15H20N6O/c1-8(2)10-6-18-13(20-9-3-4-9)5-11(10)22-12-7-19-15(17)21-14(12)16/h5-9H,3-4H2,1-2H3,(H,18,20)(H4,16,17,19,21). The zero-order valence-corrected chi connectivity index (χ0v) is 12.7.